The van der Waals surface area contributed by atoms with E-state index in [4.69, 9.17) is 18.9 Å². The van der Waals surface area contributed by atoms with Crippen LogP contribution in [0.15, 0.2) is 42.5 Å². The lowest BCUT2D eigenvalue weighted by molar-refractivity contribution is -0.124. The van der Waals surface area contributed by atoms with E-state index in [1.807, 2.05) is 19.1 Å². The largest absolute Gasteiger partial charge is 0.494 e. The molecule has 1 N–H and O–H groups in total. The van der Waals surface area contributed by atoms with Gasteiger partial charge >= 0.3 is 0 Å². The number of piperidine rings is 1. The van der Waals surface area contributed by atoms with Gasteiger partial charge in [0.2, 0.25) is 0 Å². The number of amides is 2. The van der Waals surface area contributed by atoms with Crippen LogP contribution in [0.4, 0.5) is 0 Å². The second-order valence-electron chi connectivity index (χ2n) is 7.40. The molecular weight excluding hydrogens is 412 g/mol. The Morgan fingerprint density at radius 3 is 2.16 bits per heavy atom. The van der Waals surface area contributed by atoms with Crippen LogP contribution in [0.2, 0.25) is 0 Å². The Bertz CT molecular complexity index is 907. The van der Waals surface area contributed by atoms with Crippen molar-refractivity contribution in [2.75, 3.05) is 40.5 Å². The molecule has 0 aromatic heterocycles. The highest BCUT2D eigenvalue weighted by molar-refractivity contribution is 5.95. The van der Waals surface area contributed by atoms with E-state index in [1.54, 1.807) is 49.5 Å². The number of nitrogens with one attached hydrogen (secondary N) is 1. The van der Waals surface area contributed by atoms with E-state index in [0.29, 0.717) is 55.4 Å². The molecule has 1 aliphatic heterocycles. The minimum atomic E-state index is -0.177. The van der Waals surface area contributed by atoms with Crippen molar-refractivity contribution in [1.82, 2.24) is 10.2 Å². The molecule has 0 spiro atoms. The summed E-state index contributed by atoms with van der Waals surface area (Å²) in [7, 11) is 3.10. The van der Waals surface area contributed by atoms with Crippen molar-refractivity contribution in [2.45, 2.75) is 25.8 Å². The van der Waals surface area contributed by atoms with Gasteiger partial charge in [0.1, 0.15) is 11.5 Å². The van der Waals surface area contributed by atoms with E-state index in [2.05, 4.69) is 5.32 Å². The number of ether oxygens (including phenoxy) is 4. The quantitative estimate of drug-likeness (QED) is 0.643. The maximum Gasteiger partial charge on any atom is 0.258 e. The van der Waals surface area contributed by atoms with Crippen LogP contribution in [0.5, 0.6) is 23.0 Å². The summed E-state index contributed by atoms with van der Waals surface area (Å²) in [6.07, 6.45) is 1.38. The SMILES string of the molecule is CCOc1ccc(OCC(=O)NC2CCN(C(=O)c3ccc(OC)c(OC)c3)CC2)cc1. The van der Waals surface area contributed by atoms with Crippen molar-refractivity contribution in [3.05, 3.63) is 48.0 Å². The van der Waals surface area contributed by atoms with E-state index >= 15 is 0 Å². The molecule has 3 rings (SSSR count). The number of benzene rings is 2. The predicted octanol–water partition coefficient (Wildman–Crippen LogP) is 2.90. The predicted molar refractivity (Wildman–Crippen MR) is 120 cm³/mol. The van der Waals surface area contributed by atoms with Crippen LogP contribution in [0.3, 0.4) is 0 Å². The van der Waals surface area contributed by atoms with Crippen LogP contribution in [-0.4, -0.2) is 63.3 Å². The average molecular weight is 443 g/mol. The molecule has 0 atom stereocenters. The van der Waals surface area contributed by atoms with Gasteiger partial charge in [-0.25, -0.2) is 0 Å². The summed E-state index contributed by atoms with van der Waals surface area (Å²) in [5, 5.41) is 2.99. The third-order valence-electron chi connectivity index (χ3n) is 5.28. The van der Waals surface area contributed by atoms with Gasteiger partial charge in [-0.2, -0.15) is 0 Å². The first-order valence-electron chi connectivity index (χ1n) is 10.7. The lowest BCUT2D eigenvalue weighted by atomic mass is 10.0. The van der Waals surface area contributed by atoms with Crippen molar-refractivity contribution in [2.24, 2.45) is 0 Å². The molecule has 0 radical (unpaired) electrons. The summed E-state index contributed by atoms with van der Waals surface area (Å²) in [6.45, 7) is 3.60. The monoisotopic (exact) mass is 442 g/mol. The van der Waals surface area contributed by atoms with Crippen molar-refractivity contribution in [1.29, 1.82) is 0 Å². The van der Waals surface area contributed by atoms with E-state index < -0.39 is 0 Å². The van der Waals surface area contributed by atoms with Gasteiger partial charge in [-0.15, -0.1) is 0 Å². The molecule has 0 saturated carbocycles. The zero-order chi connectivity index (χ0) is 22.9. The van der Waals surface area contributed by atoms with E-state index in [-0.39, 0.29) is 24.5 Å². The van der Waals surface area contributed by atoms with Gasteiger partial charge in [0.15, 0.2) is 18.1 Å². The summed E-state index contributed by atoms with van der Waals surface area (Å²) in [6, 6.07) is 12.3. The van der Waals surface area contributed by atoms with Crippen LogP contribution >= 0.6 is 0 Å². The third kappa shape index (κ3) is 6.06. The second kappa shape index (κ2) is 11.3. The van der Waals surface area contributed by atoms with E-state index in [0.717, 1.165) is 5.75 Å². The lowest BCUT2D eigenvalue weighted by Crippen LogP contribution is -2.47. The zero-order valence-corrected chi connectivity index (χ0v) is 18.8. The molecule has 0 bridgehead atoms. The first-order chi connectivity index (χ1) is 15.5. The highest BCUT2D eigenvalue weighted by atomic mass is 16.5. The van der Waals surface area contributed by atoms with Gasteiger partial charge in [-0.3, -0.25) is 9.59 Å². The van der Waals surface area contributed by atoms with Gasteiger partial charge < -0.3 is 29.2 Å². The molecule has 1 heterocycles. The minimum Gasteiger partial charge on any atom is -0.494 e. The highest BCUT2D eigenvalue weighted by Gasteiger charge is 2.25. The van der Waals surface area contributed by atoms with Crippen molar-refractivity contribution in [3.63, 3.8) is 0 Å². The van der Waals surface area contributed by atoms with E-state index in [1.165, 1.54) is 0 Å². The first-order valence-corrected chi connectivity index (χ1v) is 10.7. The van der Waals surface area contributed by atoms with Crippen molar-refractivity contribution < 1.29 is 28.5 Å². The molecular formula is C24H30N2O6. The van der Waals surface area contributed by atoms with Crippen LogP contribution in [0.25, 0.3) is 0 Å². The fraction of sp³-hybridized carbons (Fsp3) is 0.417. The standard InChI is InChI=1S/C24H30N2O6/c1-4-31-19-6-8-20(9-7-19)32-16-23(27)25-18-11-13-26(14-12-18)24(28)17-5-10-21(29-2)22(15-17)30-3/h5-10,15,18H,4,11-14,16H2,1-3H3,(H,25,27). The topological polar surface area (TPSA) is 86.3 Å². The summed E-state index contributed by atoms with van der Waals surface area (Å²) in [5.41, 5.74) is 0.550. The Labute approximate surface area is 188 Å². The Morgan fingerprint density at radius 2 is 1.56 bits per heavy atom. The molecule has 8 nitrogen and oxygen atoms in total. The number of hydrogen-bond acceptors (Lipinski definition) is 6. The second-order valence-corrected chi connectivity index (χ2v) is 7.40. The van der Waals surface area contributed by atoms with Crippen LogP contribution in [0.1, 0.15) is 30.1 Å². The molecule has 172 valence electrons. The number of hydrogen-bond donors (Lipinski definition) is 1. The molecule has 2 aromatic rings. The Kier molecular flexibility index (Phi) is 8.19. The Hall–Kier alpha value is -3.42. The lowest BCUT2D eigenvalue weighted by Gasteiger charge is -2.32. The molecule has 8 heteroatoms. The number of rotatable bonds is 9. The molecule has 2 amide bonds. The number of carbonyl (C=O) groups is 2. The molecule has 0 unspecified atom stereocenters. The average Bonchev–Trinajstić information content (AvgIpc) is 2.83. The Morgan fingerprint density at radius 1 is 0.938 bits per heavy atom. The molecule has 1 saturated heterocycles. The van der Waals surface area contributed by atoms with Crippen molar-refractivity contribution >= 4 is 11.8 Å². The summed E-state index contributed by atoms with van der Waals surface area (Å²) >= 11 is 0. The molecule has 1 aliphatic rings. The summed E-state index contributed by atoms with van der Waals surface area (Å²) in [5.74, 6) is 2.24. The number of carbonyl (C=O) groups excluding carboxylic acids is 2. The maximum atomic E-state index is 12.8. The fourth-order valence-corrected chi connectivity index (χ4v) is 3.60. The normalized spacial score (nSPS) is 13.9. The number of nitrogens with zero attached hydrogens (tertiary/aromatic N) is 1. The Balaban J connectivity index is 1.44. The first kappa shape index (κ1) is 23.2. The van der Waals surface area contributed by atoms with Crippen molar-refractivity contribution in [3.8, 4) is 23.0 Å². The van der Waals surface area contributed by atoms with Gasteiger partial charge in [0, 0.05) is 24.7 Å². The third-order valence-corrected chi connectivity index (χ3v) is 5.28. The number of methoxy groups -OCH3 is 2. The van der Waals surface area contributed by atoms with Gasteiger partial charge in [0.05, 0.1) is 20.8 Å². The summed E-state index contributed by atoms with van der Waals surface area (Å²) in [4.78, 5) is 26.9. The highest BCUT2D eigenvalue weighted by Crippen LogP contribution is 2.28. The number of likely N-dealkylation sites (tertiary alicyclic amines) is 1. The smallest absolute Gasteiger partial charge is 0.258 e. The summed E-state index contributed by atoms with van der Waals surface area (Å²) < 4.78 is 21.4. The minimum absolute atomic E-state index is 0.0147. The molecule has 32 heavy (non-hydrogen) atoms. The zero-order valence-electron chi connectivity index (χ0n) is 18.8. The van der Waals surface area contributed by atoms with Gasteiger partial charge in [-0.1, -0.05) is 0 Å². The van der Waals surface area contributed by atoms with E-state index in [9.17, 15) is 9.59 Å². The van der Waals surface area contributed by atoms with Gasteiger partial charge in [-0.05, 0) is 62.2 Å². The fourth-order valence-electron chi connectivity index (χ4n) is 3.60. The maximum absolute atomic E-state index is 12.8. The van der Waals surface area contributed by atoms with Crippen LogP contribution in [0, 0.1) is 0 Å². The van der Waals surface area contributed by atoms with Gasteiger partial charge in [0.25, 0.3) is 11.8 Å². The van der Waals surface area contributed by atoms with Crippen LogP contribution in [-0.2, 0) is 4.79 Å². The van der Waals surface area contributed by atoms with Crippen LogP contribution < -0.4 is 24.3 Å². The molecule has 0 aliphatic carbocycles. The molecule has 1 fully saturated rings. The molecule has 2 aromatic carbocycles.